The van der Waals surface area contributed by atoms with Gasteiger partial charge in [0.15, 0.2) is 0 Å². The zero-order valence-electron chi connectivity index (χ0n) is 18.0. The molecule has 3 aromatic rings. The van der Waals surface area contributed by atoms with Crippen LogP contribution in [0.2, 0.25) is 0 Å². The van der Waals surface area contributed by atoms with Crippen LogP contribution in [0.1, 0.15) is 61.3 Å². The Hall–Kier alpha value is -2.64. The number of hydrogen-bond donors (Lipinski definition) is 1. The second-order valence-corrected chi connectivity index (χ2v) is 8.15. The predicted octanol–water partition coefficient (Wildman–Crippen LogP) is 4.45. The Kier molecular flexibility index (Phi) is 8.47. The van der Waals surface area contributed by atoms with Gasteiger partial charge in [-0.3, -0.25) is 9.97 Å². The van der Waals surface area contributed by atoms with Gasteiger partial charge in [-0.25, -0.2) is 9.37 Å². The second kappa shape index (κ2) is 11.3. The maximum Gasteiger partial charge on any atom is 0.217 e. The van der Waals surface area contributed by atoms with Crippen LogP contribution in [0.15, 0.2) is 48.9 Å². The standard InChI is InChI=1S/C24H27FN4O2.ClH/c1-16(17-6-8-18(25)9-7-17)12-23-28-19(13-20-15-26-10-11-27-20)14-24(29-23)31-22-5-3-2-4-21(22)30;/h6-11,14-16,21-22,30H,2-5,12-13H2,1H3;1H/t16-,21+,22+;/m1./s1. The lowest BCUT2D eigenvalue weighted by molar-refractivity contribution is 0.00427. The highest BCUT2D eigenvalue weighted by Crippen LogP contribution is 2.25. The van der Waals surface area contributed by atoms with Crippen LogP contribution in [0.3, 0.4) is 0 Å². The fourth-order valence-corrected chi connectivity index (χ4v) is 3.93. The van der Waals surface area contributed by atoms with Gasteiger partial charge >= 0.3 is 0 Å². The third-order valence-electron chi connectivity index (χ3n) is 5.65. The number of aromatic nitrogens is 4. The normalized spacial score (nSPS) is 19.1. The van der Waals surface area contributed by atoms with E-state index >= 15 is 0 Å². The Morgan fingerprint density at radius 2 is 1.88 bits per heavy atom. The van der Waals surface area contributed by atoms with E-state index in [-0.39, 0.29) is 30.2 Å². The van der Waals surface area contributed by atoms with Gasteiger partial charge in [0.25, 0.3) is 0 Å². The zero-order chi connectivity index (χ0) is 21.6. The summed E-state index contributed by atoms with van der Waals surface area (Å²) in [6, 6.07) is 8.34. The van der Waals surface area contributed by atoms with Gasteiger partial charge < -0.3 is 9.84 Å². The van der Waals surface area contributed by atoms with Crippen molar-refractivity contribution in [1.29, 1.82) is 0 Å². The Morgan fingerprint density at radius 1 is 1.09 bits per heavy atom. The summed E-state index contributed by atoms with van der Waals surface area (Å²) in [5.41, 5.74) is 2.62. The topological polar surface area (TPSA) is 81.0 Å². The molecule has 8 heteroatoms. The Bertz CT molecular complexity index is 991. The summed E-state index contributed by atoms with van der Waals surface area (Å²) in [6.45, 7) is 2.07. The van der Waals surface area contributed by atoms with Crippen molar-refractivity contribution < 1.29 is 14.2 Å². The molecule has 0 saturated heterocycles. The Morgan fingerprint density at radius 3 is 2.59 bits per heavy atom. The minimum Gasteiger partial charge on any atom is -0.472 e. The lowest BCUT2D eigenvalue weighted by Crippen LogP contribution is -2.35. The highest BCUT2D eigenvalue weighted by molar-refractivity contribution is 5.85. The molecule has 0 amide bonds. The molecule has 1 aromatic carbocycles. The van der Waals surface area contributed by atoms with E-state index in [9.17, 15) is 9.50 Å². The molecule has 0 bridgehead atoms. The summed E-state index contributed by atoms with van der Waals surface area (Å²) in [5.74, 6) is 0.986. The third kappa shape index (κ3) is 6.43. The number of rotatable bonds is 7. The van der Waals surface area contributed by atoms with Gasteiger partial charge in [0.2, 0.25) is 5.88 Å². The van der Waals surface area contributed by atoms with Gasteiger partial charge in [-0.1, -0.05) is 25.5 Å². The molecule has 4 rings (SSSR count). The molecule has 3 atom stereocenters. The Labute approximate surface area is 193 Å². The molecule has 1 N–H and O–H groups in total. The third-order valence-corrected chi connectivity index (χ3v) is 5.65. The van der Waals surface area contributed by atoms with Crippen LogP contribution in [-0.2, 0) is 12.8 Å². The molecule has 2 aromatic heterocycles. The summed E-state index contributed by atoms with van der Waals surface area (Å²) >= 11 is 0. The first-order valence-corrected chi connectivity index (χ1v) is 10.8. The number of aliphatic hydroxyl groups excluding tert-OH is 1. The van der Waals surface area contributed by atoms with E-state index in [1.54, 1.807) is 30.7 Å². The first-order valence-electron chi connectivity index (χ1n) is 10.8. The summed E-state index contributed by atoms with van der Waals surface area (Å²) in [4.78, 5) is 17.8. The predicted molar refractivity (Wildman–Crippen MR) is 122 cm³/mol. The lowest BCUT2D eigenvalue weighted by Gasteiger charge is -2.28. The van der Waals surface area contributed by atoms with Gasteiger partial charge in [0, 0.05) is 37.5 Å². The van der Waals surface area contributed by atoms with Crippen LogP contribution >= 0.6 is 12.4 Å². The quantitative estimate of drug-likeness (QED) is 0.563. The lowest BCUT2D eigenvalue weighted by atomic mass is 9.95. The summed E-state index contributed by atoms with van der Waals surface area (Å²) < 4.78 is 19.4. The maximum atomic E-state index is 13.3. The summed E-state index contributed by atoms with van der Waals surface area (Å²) in [7, 11) is 0. The van der Waals surface area contributed by atoms with Gasteiger partial charge in [-0.05, 0) is 42.9 Å². The number of hydrogen-bond acceptors (Lipinski definition) is 6. The monoisotopic (exact) mass is 458 g/mol. The first-order chi connectivity index (χ1) is 15.1. The van der Waals surface area contributed by atoms with Crippen LogP contribution in [-0.4, -0.2) is 37.3 Å². The van der Waals surface area contributed by atoms with Crippen molar-refractivity contribution in [3.63, 3.8) is 0 Å². The van der Waals surface area contributed by atoms with Gasteiger partial charge in [0.05, 0.1) is 17.5 Å². The fourth-order valence-electron chi connectivity index (χ4n) is 3.93. The molecule has 1 fully saturated rings. The van der Waals surface area contributed by atoms with Gasteiger partial charge in [-0.15, -0.1) is 12.4 Å². The number of benzene rings is 1. The average molecular weight is 459 g/mol. The molecule has 0 unspecified atom stereocenters. The maximum absolute atomic E-state index is 13.3. The van der Waals surface area contributed by atoms with E-state index in [1.165, 1.54) is 12.1 Å². The smallest absolute Gasteiger partial charge is 0.217 e. The largest absolute Gasteiger partial charge is 0.472 e. The minimum atomic E-state index is -0.478. The van der Waals surface area contributed by atoms with E-state index in [1.807, 2.05) is 6.07 Å². The highest BCUT2D eigenvalue weighted by atomic mass is 35.5. The average Bonchev–Trinajstić information content (AvgIpc) is 2.76. The summed E-state index contributed by atoms with van der Waals surface area (Å²) in [5, 5.41) is 10.3. The SMILES string of the molecule is C[C@H](Cc1nc(Cc2cnccn2)cc(O[C@H]2CCCC[C@@H]2O)n1)c1ccc(F)cc1.Cl. The highest BCUT2D eigenvalue weighted by Gasteiger charge is 2.25. The Balaban J connectivity index is 0.00000289. The molecule has 0 radical (unpaired) electrons. The first kappa shape index (κ1) is 24.0. The van der Waals surface area contributed by atoms with Crippen LogP contribution < -0.4 is 4.74 Å². The molecule has 0 spiro atoms. The van der Waals surface area contributed by atoms with Crippen molar-refractivity contribution >= 4 is 12.4 Å². The zero-order valence-corrected chi connectivity index (χ0v) is 18.8. The van der Waals surface area contributed by atoms with E-state index in [2.05, 4.69) is 21.9 Å². The molecular weight excluding hydrogens is 431 g/mol. The number of halogens is 2. The second-order valence-electron chi connectivity index (χ2n) is 8.15. The van der Waals surface area contributed by atoms with Crippen molar-refractivity contribution in [2.24, 2.45) is 0 Å². The molecule has 170 valence electrons. The van der Waals surface area contributed by atoms with E-state index in [0.717, 1.165) is 42.6 Å². The fraction of sp³-hybridized carbons (Fsp3) is 0.417. The number of aliphatic hydroxyl groups is 1. The van der Waals surface area contributed by atoms with E-state index in [4.69, 9.17) is 9.72 Å². The van der Waals surface area contributed by atoms with E-state index in [0.29, 0.717) is 24.5 Å². The molecule has 2 heterocycles. The molecule has 0 aliphatic heterocycles. The van der Waals surface area contributed by atoms with Crippen LogP contribution in [0.25, 0.3) is 0 Å². The molecule has 32 heavy (non-hydrogen) atoms. The van der Waals surface area contributed by atoms with E-state index < -0.39 is 6.10 Å². The van der Waals surface area contributed by atoms with Crippen LogP contribution in [0.5, 0.6) is 5.88 Å². The van der Waals surface area contributed by atoms with Gasteiger partial charge in [-0.2, -0.15) is 4.98 Å². The van der Waals surface area contributed by atoms with Crippen LogP contribution in [0, 0.1) is 5.82 Å². The van der Waals surface area contributed by atoms with Crippen molar-refractivity contribution in [2.45, 2.75) is 63.6 Å². The van der Waals surface area contributed by atoms with Crippen molar-refractivity contribution in [3.05, 3.63) is 77.5 Å². The molecule has 6 nitrogen and oxygen atoms in total. The van der Waals surface area contributed by atoms with Crippen molar-refractivity contribution in [1.82, 2.24) is 19.9 Å². The molecular formula is C24H28ClFN4O2. The van der Waals surface area contributed by atoms with Crippen LogP contribution in [0.4, 0.5) is 4.39 Å². The molecule has 1 aliphatic carbocycles. The minimum absolute atomic E-state index is 0. The van der Waals surface area contributed by atoms with Gasteiger partial charge in [0.1, 0.15) is 17.7 Å². The van der Waals surface area contributed by atoms with Crippen molar-refractivity contribution in [2.75, 3.05) is 0 Å². The molecule has 1 aliphatic rings. The number of ether oxygens (including phenoxy) is 1. The number of nitrogens with zero attached hydrogens (tertiary/aromatic N) is 4. The molecule has 1 saturated carbocycles. The van der Waals surface area contributed by atoms with Crippen molar-refractivity contribution in [3.8, 4) is 5.88 Å². The summed E-state index contributed by atoms with van der Waals surface area (Å²) in [6.07, 6.45) is 8.99.